The van der Waals surface area contributed by atoms with Gasteiger partial charge in [-0.3, -0.25) is 14.4 Å². The molecule has 144 valence electrons. The van der Waals surface area contributed by atoms with Crippen molar-refractivity contribution in [1.29, 1.82) is 0 Å². The first-order chi connectivity index (χ1) is 12.3. The number of carbonyl (C=O) groups is 3. The van der Waals surface area contributed by atoms with Gasteiger partial charge in [0.2, 0.25) is 5.91 Å². The fourth-order valence-electron chi connectivity index (χ4n) is 2.41. The van der Waals surface area contributed by atoms with Gasteiger partial charge in [0, 0.05) is 19.4 Å². The second-order valence-electron chi connectivity index (χ2n) is 7.73. The van der Waals surface area contributed by atoms with Crippen molar-refractivity contribution in [2.24, 2.45) is 5.41 Å². The fourth-order valence-corrected chi connectivity index (χ4v) is 2.41. The minimum atomic E-state index is -0.535. The number of nitrogens with one attached hydrogen (secondary N) is 1. The van der Waals surface area contributed by atoms with E-state index < -0.39 is 5.97 Å². The molecule has 0 aromatic heterocycles. The summed E-state index contributed by atoms with van der Waals surface area (Å²) in [6.45, 7) is 6.98. The number of benzene rings is 1. The zero-order valence-corrected chi connectivity index (χ0v) is 16.2. The summed E-state index contributed by atoms with van der Waals surface area (Å²) >= 11 is 0. The highest BCUT2D eigenvalue weighted by Gasteiger charge is 2.12. The standard InChI is InChI=1S/C21H31NO4/c1-21(2,3)13-8-7-11-19(24)22-14-12-18(23)15-20(25)26-16-17-9-5-4-6-10-17/h4-6,9-10H,7-8,11-16H2,1-3H3,(H,22,24). The molecule has 0 saturated heterocycles. The van der Waals surface area contributed by atoms with E-state index in [0.717, 1.165) is 24.8 Å². The van der Waals surface area contributed by atoms with E-state index in [1.54, 1.807) is 0 Å². The Morgan fingerprint density at radius 3 is 2.35 bits per heavy atom. The van der Waals surface area contributed by atoms with Crippen LogP contribution in [-0.4, -0.2) is 24.2 Å². The van der Waals surface area contributed by atoms with Crippen LogP contribution >= 0.6 is 0 Å². The number of hydrogen-bond acceptors (Lipinski definition) is 4. The van der Waals surface area contributed by atoms with E-state index in [9.17, 15) is 14.4 Å². The van der Waals surface area contributed by atoms with Crippen LogP contribution in [0.1, 0.15) is 64.9 Å². The third kappa shape index (κ3) is 11.4. The molecule has 5 heteroatoms. The Morgan fingerprint density at radius 2 is 1.69 bits per heavy atom. The average Bonchev–Trinajstić information content (AvgIpc) is 2.57. The molecule has 0 heterocycles. The number of esters is 1. The van der Waals surface area contributed by atoms with E-state index in [2.05, 4.69) is 26.1 Å². The number of unbranched alkanes of at least 4 members (excludes halogenated alkanes) is 1. The first kappa shape index (κ1) is 21.9. The van der Waals surface area contributed by atoms with Crippen molar-refractivity contribution in [2.45, 2.75) is 65.9 Å². The highest BCUT2D eigenvalue weighted by atomic mass is 16.5. The van der Waals surface area contributed by atoms with E-state index in [-0.39, 0.29) is 43.1 Å². The number of ether oxygens (including phenoxy) is 1. The predicted molar refractivity (Wildman–Crippen MR) is 101 cm³/mol. The SMILES string of the molecule is CC(C)(C)CCCCC(=O)NCCC(=O)CC(=O)OCc1ccccc1. The van der Waals surface area contributed by atoms with Gasteiger partial charge < -0.3 is 10.1 Å². The van der Waals surface area contributed by atoms with E-state index >= 15 is 0 Å². The van der Waals surface area contributed by atoms with Crippen LogP contribution in [0.25, 0.3) is 0 Å². The third-order valence-corrected chi connectivity index (χ3v) is 3.89. The summed E-state index contributed by atoms with van der Waals surface area (Å²) in [5.41, 5.74) is 1.17. The molecule has 26 heavy (non-hydrogen) atoms. The smallest absolute Gasteiger partial charge is 0.313 e. The van der Waals surface area contributed by atoms with E-state index in [1.807, 2.05) is 30.3 Å². The van der Waals surface area contributed by atoms with Crippen molar-refractivity contribution in [3.05, 3.63) is 35.9 Å². The van der Waals surface area contributed by atoms with Gasteiger partial charge in [-0.25, -0.2) is 0 Å². The molecule has 0 atom stereocenters. The van der Waals surface area contributed by atoms with Crippen molar-refractivity contribution < 1.29 is 19.1 Å². The van der Waals surface area contributed by atoms with Crippen LogP contribution in [0.15, 0.2) is 30.3 Å². The number of Topliss-reactive ketones (excluding diaryl/α,β-unsaturated/α-hetero) is 1. The van der Waals surface area contributed by atoms with Gasteiger partial charge in [-0.05, 0) is 23.8 Å². The van der Waals surface area contributed by atoms with Crippen LogP contribution in [0.4, 0.5) is 0 Å². The van der Waals surface area contributed by atoms with Gasteiger partial charge in [0.15, 0.2) is 0 Å². The fraction of sp³-hybridized carbons (Fsp3) is 0.571. The summed E-state index contributed by atoms with van der Waals surface area (Å²) in [6.07, 6.45) is 3.32. The van der Waals surface area contributed by atoms with Gasteiger partial charge >= 0.3 is 5.97 Å². The van der Waals surface area contributed by atoms with Gasteiger partial charge in [-0.1, -0.05) is 57.5 Å². The first-order valence-electron chi connectivity index (χ1n) is 9.24. The van der Waals surface area contributed by atoms with Crippen LogP contribution in [-0.2, 0) is 25.7 Å². The molecule has 1 rings (SSSR count). The normalized spacial score (nSPS) is 11.0. The van der Waals surface area contributed by atoms with Crippen LogP contribution in [0.2, 0.25) is 0 Å². The molecule has 5 nitrogen and oxygen atoms in total. The summed E-state index contributed by atoms with van der Waals surface area (Å²) in [7, 11) is 0. The Balaban J connectivity index is 2.08. The van der Waals surface area contributed by atoms with Crippen molar-refractivity contribution in [3.63, 3.8) is 0 Å². The topological polar surface area (TPSA) is 72.5 Å². The highest BCUT2D eigenvalue weighted by Crippen LogP contribution is 2.21. The zero-order valence-electron chi connectivity index (χ0n) is 16.2. The number of rotatable bonds is 11. The zero-order chi connectivity index (χ0) is 19.4. The van der Waals surface area contributed by atoms with Crippen LogP contribution in [0, 0.1) is 5.41 Å². The lowest BCUT2D eigenvalue weighted by Gasteiger charge is -2.17. The third-order valence-electron chi connectivity index (χ3n) is 3.89. The van der Waals surface area contributed by atoms with Crippen molar-refractivity contribution in [1.82, 2.24) is 5.32 Å². The lowest BCUT2D eigenvalue weighted by Crippen LogP contribution is -2.26. The van der Waals surface area contributed by atoms with Gasteiger partial charge in [0.05, 0.1) is 0 Å². The molecule has 0 saturated carbocycles. The maximum absolute atomic E-state index is 11.8. The maximum atomic E-state index is 11.8. The lowest BCUT2D eigenvalue weighted by atomic mass is 9.89. The molecule has 1 amide bonds. The van der Waals surface area contributed by atoms with Crippen LogP contribution < -0.4 is 5.32 Å². The number of amides is 1. The summed E-state index contributed by atoms with van der Waals surface area (Å²) < 4.78 is 5.07. The van der Waals surface area contributed by atoms with Gasteiger partial charge in [-0.15, -0.1) is 0 Å². The molecule has 0 unspecified atom stereocenters. The summed E-state index contributed by atoms with van der Waals surface area (Å²) in [6, 6.07) is 9.31. The van der Waals surface area contributed by atoms with E-state index in [4.69, 9.17) is 4.74 Å². The number of ketones is 1. The lowest BCUT2D eigenvalue weighted by molar-refractivity contribution is -0.147. The van der Waals surface area contributed by atoms with Crippen molar-refractivity contribution >= 4 is 17.7 Å². The maximum Gasteiger partial charge on any atom is 0.313 e. The molecule has 0 aliphatic heterocycles. The Hall–Kier alpha value is -2.17. The highest BCUT2D eigenvalue weighted by molar-refractivity contribution is 5.95. The predicted octanol–water partition coefficient (Wildman–Crippen LogP) is 3.80. The second kappa shape index (κ2) is 11.4. The van der Waals surface area contributed by atoms with Gasteiger partial charge in [0.25, 0.3) is 0 Å². The largest absolute Gasteiger partial charge is 0.460 e. The Morgan fingerprint density at radius 1 is 1.00 bits per heavy atom. The van der Waals surface area contributed by atoms with Crippen LogP contribution in [0.5, 0.6) is 0 Å². The molecule has 0 fully saturated rings. The quantitative estimate of drug-likeness (QED) is 0.370. The molecule has 0 radical (unpaired) electrons. The molecule has 0 aliphatic rings. The van der Waals surface area contributed by atoms with Gasteiger partial charge in [-0.2, -0.15) is 0 Å². The number of hydrogen-bond donors (Lipinski definition) is 1. The summed E-state index contributed by atoms with van der Waals surface area (Å²) in [5.74, 6) is -0.804. The minimum absolute atomic E-state index is 0.0432. The minimum Gasteiger partial charge on any atom is -0.460 e. The Labute approximate surface area is 156 Å². The van der Waals surface area contributed by atoms with E-state index in [1.165, 1.54) is 0 Å². The monoisotopic (exact) mass is 361 g/mol. The molecule has 0 spiro atoms. The van der Waals surface area contributed by atoms with Crippen LogP contribution in [0.3, 0.4) is 0 Å². The molecule has 0 bridgehead atoms. The number of carbonyl (C=O) groups excluding carboxylic acids is 3. The Kier molecular flexibility index (Phi) is 9.63. The molecule has 0 aliphatic carbocycles. The molecule has 1 aromatic rings. The summed E-state index contributed by atoms with van der Waals surface area (Å²) in [5, 5.41) is 2.73. The van der Waals surface area contributed by atoms with Crippen molar-refractivity contribution in [3.8, 4) is 0 Å². The van der Waals surface area contributed by atoms with E-state index in [0.29, 0.717) is 6.42 Å². The molecule has 1 aromatic carbocycles. The second-order valence-corrected chi connectivity index (χ2v) is 7.73. The first-order valence-corrected chi connectivity index (χ1v) is 9.24. The molecule has 1 N–H and O–H groups in total. The summed E-state index contributed by atoms with van der Waals surface area (Å²) in [4.78, 5) is 35.1. The molecular weight excluding hydrogens is 330 g/mol. The Bertz CT molecular complexity index is 575. The molecular formula is C21H31NO4. The van der Waals surface area contributed by atoms with Crippen molar-refractivity contribution in [2.75, 3.05) is 6.54 Å². The average molecular weight is 361 g/mol. The van der Waals surface area contributed by atoms with Gasteiger partial charge in [0.1, 0.15) is 18.8 Å².